The molecular weight excluding hydrogens is 276 g/mol. The summed E-state index contributed by atoms with van der Waals surface area (Å²) in [7, 11) is 0. The van der Waals surface area contributed by atoms with E-state index in [0.29, 0.717) is 18.7 Å². The number of thiazole rings is 1. The van der Waals surface area contributed by atoms with Gasteiger partial charge in [-0.3, -0.25) is 4.79 Å². The number of aryl methyl sites for hydroxylation is 2. The van der Waals surface area contributed by atoms with Gasteiger partial charge in [-0.2, -0.15) is 0 Å². The van der Waals surface area contributed by atoms with E-state index in [1.165, 1.54) is 11.3 Å². The fourth-order valence-corrected chi connectivity index (χ4v) is 2.61. The van der Waals surface area contributed by atoms with Gasteiger partial charge in [0.1, 0.15) is 16.5 Å². The molecule has 3 N–H and O–H groups in total. The molecular formula is C13H18N4O2S. The highest BCUT2D eigenvalue weighted by Gasteiger charge is 2.16. The molecule has 108 valence electrons. The summed E-state index contributed by atoms with van der Waals surface area (Å²) >= 11 is 1.39. The van der Waals surface area contributed by atoms with Crippen LogP contribution in [0.1, 0.15) is 39.4 Å². The lowest BCUT2D eigenvalue weighted by atomic mass is 10.1. The van der Waals surface area contributed by atoms with Crippen molar-refractivity contribution >= 4 is 17.2 Å². The number of carbonyl (C=O) groups excluding carboxylic acids is 1. The fourth-order valence-electron chi connectivity index (χ4n) is 1.96. The molecule has 7 heteroatoms. The first-order valence-corrected chi connectivity index (χ1v) is 7.26. The molecule has 0 bridgehead atoms. The number of nitrogens with one attached hydrogen (secondary N) is 1. The number of hydrogen-bond acceptors (Lipinski definition) is 6. The van der Waals surface area contributed by atoms with Crippen LogP contribution < -0.4 is 11.1 Å². The minimum Gasteiger partial charge on any atom is -0.361 e. The average Bonchev–Trinajstić information content (AvgIpc) is 3.00. The first kappa shape index (κ1) is 14.7. The predicted octanol–water partition coefficient (Wildman–Crippen LogP) is 1.57. The number of hydrogen-bond donors (Lipinski definition) is 2. The lowest BCUT2D eigenvalue weighted by Gasteiger charge is -2.12. The van der Waals surface area contributed by atoms with Crippen LogP contribution in [-0.2, 0) is 13.0 Å². The quantitative estimate of drug-likeness (QED) is 0.873. The van der Waals surface area contributed by atoms with Crippen molar-refractivity contribution < 1.29 is 9.32 Å². The summed E-state index contributed by atoms with van der Waals surface area (Å²) in [5.74, 6) is 0.614. The smallest absolute Gasteiger partial charge is 0.270 e. The molecule has 2 rings (SSSR count). The standard InChI is InChI=1S/C13H18N4O2S/c1-7(4-10-8(2)17-19-9(10)3)15-13(18)11-6-20-12(5-14)16-11/h6-7H,4-5,14H2,1-3H3,(H,15,18). The molecule has 2 heterocycles. The fraction of sp³-hybridized carbons (Fsp3) is 0.462. The Hall–Kier alpha value is -1.73. The average molecular weight is 294 g/mol. The molecule has 2 aromatic rings. The zero-order chi connectivity index (χ0) is 14.7. The minimum atomic E-state index is -0.180. The van der Waals surface area contributed by atoms with Gasteiger partial charge in [-0.25, -0.2) is 4.98 Å². The maximum Gasteiger partial charge on any atom is 0.270 e. The Bertz CT molecular complexity index is 586. The summed E-state index contributed by atoms with van der Waals surface area (Å²) in [6.45, 7) is 6.07. The van der Waals surface area contributed by atoms with Gasteiger partial charge in [0.2, 0.25) is 0 Å². The molecule has 0 saturated carbocycles. The van der Waals surface area contributed by atoms with Crippen LogP contribution in [0.25, 0.3) is 0 Å². The summed E-state index contributed by atoms with van der Waals surface area (Å²) in [5.41, 5.74) is 7.81. The van der Waals surface area contributed by atoms with Gasteiger partial charge in [0.15, 0.2) is 0 Å². The molecule has 0 aromatic carbocycles. The second kappa shape index (κ2) is 6.15. The van der Waals surface area contributed by atoms with Crippen LogP contribution in [0.2, 0.25) is 0 Å². The summed E-state index contributed by atoms with van der Waals surface area (Å²) in [5, 5.41) is 9.31. The Kier molecular flexibility index (Phi) is 4.51. The Balaban J connectivity index is 1.97. The third-order valence-corrected chi connectivity index (χ3v) is 3.90. The summed E-state index contributed by atoms with van der Waals surface area (Å²) in [6, 6.07) is -0.0256. The van der Waals surface area contributed by atoms with E-state index in [0.717, 1.165) is 22.0 Å². The Morgan fingerprint density at radius 1 is 1.55 bits per heavy atom. The largest absolute Gasteiger partial charge is 0.361 e. The van der Waals surface area contributed by atoms with Crippen LogP contribution in [0, 0.1) is 13.8 Å². The predicted molar refractivity (Wildman–Crippen MR) is 76.6 cm³/mol. The summed E-state index contributed by atoms with van der Waals surface area (Å²) < 4.78 is 5.12. The Morgan fingerprint density at radius 2 is 2.30 bits per heavy atom. The molecule has 1 amide bonds. The number of amides is 1. The highest BCUT2D eigenvalue weighted by atomic mass is 32.1. The summed E-state index contributed by atoms with van der Waals surface area (Å²) in [4.78, 5) is 16.2. The number of nitrogens with two attached hydrogens (primary N) is 1. The van der Waals surface area contributed by atoms with Gasteiger partial charge >= 0.3 is 0 Å². The van der Waals surface area contributed by atoms with E-state index in [2.05, 4.69) is 15.5 Å². The Labute approximate surface area is 121 Å². The van der Waals surface area contributed by atoms with Gasteiger partial charge in [0, 0.05) is 23.5 Å². The SMILES string of the molecule is Cc1noc(C)c1CC(C)NC(=O)c1csc(CN)n1. The van der Waals surface area contributed by atoms with Gasteiger partial charge in [0.05, 0.1) is 5.69 Å². The molecule has 0 radical (unpaired) electrons. The lowest BCUT2D eigenvalue weighted by Crippen LogP contribution is -2.34. The van der Waals surface area contributed by atoms with E-state index in [4.69, 9.17) is 10.3 Å². The second-order valence-corrected chi connectivity index (χ2v) is 5.65. The van der Waals surface area contributed by atoms with Crippen LogP contribution in [0.15, 0.2) is 9.90 Å². The van der Waals surface area contributed by atoms with E-state index in [1.807, 2.05) is 20.8 Å². The number of rotatable bonds is 5. The first-order chi connectivity index (χ1) is 9.51. The molecule has 0 aliphatic carbocycles. The highest BCUT2D eigenvalue weighted by molar-refractivity contribution is 7.09. The van der Waals surface area contributed by atoms with E-state index in [1.54, 1.807) is 5.38 Å². The third kappa shape index (κ3) is 3.23. The molecule has 0 aliphatic heterocycles. The molecule has 20 heavy (non-hydrogen) atoms. The molecule has 0 saturated heterocycles. The van der Waals surface area contributed by atoms with E-state index < -0.39 is 0 Å². The maximum absolute atomic E-state index is 12.0. The normalized spacial score (nSPS) is 12.4. The number of nitrogens with zero attached hydrogens (tertiary/aromatic N) is 2. The summed E-state index contributed by atoms with van der Waals surface area (Å²) in [6.07, 6.45) is 0.681. The van der Waals surface area contributed by atoms with Crippen molar-refractivity contribution in [1.82, 2.24) is 15.5 Å². The van der Waals surface area contributed by atoms with Crippen molar-refractivity contribution in [3.05, 3.63) is 33.1 Å². The zero-order valence-corrected chi connectivity index (χ0v) is 12.6. The molecule has 6 nitrogen and oxygen atoms in total. The maximum atomic E-state index is 12.0. The molecule has 2 aromatic heterocycles. The van der Waals surface area contributed by atoms with Crippen LogP contribution >= 0.6 is 11.3 Å². The van der Waals surface area contributed by atoms with Gasteiger partial charge in [-0.15, -0.1) is 11.3 Å². The van der Waals surface area contributed by atoms with Crippen molar-refractivity contribution in [2.45, 2.75) is 39.8 Å². The first-order valence-electron chi connectivity index (χ1n) is 6.38. The topological polar surface area (TPSA) is 94.0 Å². The molecule has 1 atom stereocenters. The van der Waals surface area contributed by atoms with Crippen LogP contribution in [0.5, 0.6) is 0 Å². The lowest BCUT2D eigenvalue weighted by molar-refractivity contribution is 0.0935. The Morgan fingerprint density at radius 3 is 2.85 bits per heavy atom. The van der Waals surface area contributed by atoms with E-state index >= 15 is 0 Å². The molecule has 0 fully saturated rings. The van der Waals surface area contributed by atoms with Crippen LogP contribution in [0.4, 0.5) is 0 Å². The molecule has 0 aliphatic rings. The van der Waals surface area contributed by atoms with Crippen molar-refractivity contribution in [1.29, 1.82) is 0 Å². The van der Waals surface area contributed by atoms with Crippen LogP contribution in [-0.4, -0.2) is 22.1 Å². The number of aromatic nitrogens is 2. The number of carbonyl (C=O) groups is 1. The van der Waals surface area contributed by atoms with E-state index in [9.17, 15) is 4.79 Å². The van der Waals surface area contributed by atoms with Crippen molar-refractivity contribution in [3.8, 4) is 0 Å². The monoisotopic (exact) mass is 294 g/mol. The highest BCUT2D eigenvalue weighted by Crippen LogP contribution is 2.15. The van der Waals surface area contributed by atoms with Gasteiger partial charge in [-0.1, -0.05) is 5.16 Å². The molecule has 1 unspecified atom stereocenters. The van der Waals surface area contributed by atoms with Crippen LogP contribution in [0.3, 0.4) is 0 Å². The zero-order valence-electron chi connectivity index (χ0n) is 11.8. The van der Waals surface area contributed by atoms with Crippen molar-refractivity contribution in [2.24, 2.45) is 5.73 Å². The van der Waals surface area contributed by atoms with Crippen molar-refractivity contribution in [3.63, 3.8) is 0 Å². The van der Waals surface area contributed by atoms with Gasteiger partial charge < -0.3 is 15.6 Å². The van der Waals surface area contributed by atoms with Gasteiger partial charge in [-0.05, 0) is 27.2 Å². The van der Waals surface area contributed by atoms with E-state index in [-0.39, 0.29) is 11.9 Å². The van der Waals surface area contributed by atoms with Gasteiger partial charge in [0.25, 0.3) is 5.91 Å². The third-order valence-electron chi connectivity index (χ3n) is 3.03. The minimum absolute atomic E-state index is 0.0256. The van der Waals surface area contributed by atoms with Crippen molar-refractivity contribution in [2.75, 3.05) is 0 Å². The second-order valence-electron chi connectivity index (χ2n) is 4.71. The molecule has 0 spiro atoms.